The van der Waals surface area contributed by atoms with Crippen LogP contribution in [0.5, 0.6) is 0 Å². The SMILES string of the molecule is COC(OC)c1ncc2sccn12. The highest BCUT2D eigenvalue weighted by molar-refractivity contribution is 7.15. The van der Waals surface area contributed by atoms with Gasteiger partial charge < -0.3 is 9.47 Å². The fourth-order valence-corrected chi connectivity index (χ4v) is 1.94. The van der Waals surface area contributed by atoms with Crippen LogP contribution in [0.2, 0.25) is 0 Å². The van der Waals surface area contributed by atoms with Gasteiger partial charge in [0.05, 0.1) is 6.20 Å². The van der Waals surface area contributed by atoms with Gasteiger partial charge in [0.1, 0.15) is 4.83 Å². The maximum atomic E-state index is 5.12. The van der Waals surface area contributed by atoms with Gasteiger partial charge in [-0.05, 0) is 0 Å². The Labute approximate surface area is 79.7 Å². The predicted octanol–water partition coefficient (Wildman–Crippen LogP) is 1.69. The Balaban J connectivity index is 2.47. The van der Waals surface area contributed by atoms with Crippen LogP contribution in [0.3, 0.4) is 0 Å². The van der Waals surface area contributed by atoms with Gasteiger partial charge in [0.25, 0.3) is 0 Å². The summed E-state index contributed by atoms with van der Waals surface area (Å²) in [5.74, 6) is 0.779. The Morgan fingerprint density at radius 1 is 1.46 bits per heavy atom. The monoisotopic (exact) mass is 198 g/mol. The molecule has 0 bridgehead atoms. The first-order valence-corrected chi connectivity index (χ1v) is 4.71. The molecule has 2 heterocycles. The summed E-state index contributed by atoms with van der Waals surface area (Å²) in [6.07, 6.45) is 3.37. The Bertz CT molecular complexity index is 391. The van der Waals surface area contributed by atoms with Crippen molar-refractivity contribution in [2.45, 2.75) is 6.29 Å². The van der Waals surface area contributed by atoms with Crippen LogP contribution in [-0.4, -0.2) is 23.6 Å². The van der Waals surface area contributed by atoms with E-state index in [1.54, 1.807) is 25.6 Å². The number of thiazole rings is 1. The molecule has 2 aromatic rings. The predicted molar refractivity (Wildman–Crippen MR) is 49.8 cm³/mol. The second-order valence-corrected chi connectivity index (χ2v) is 3.46. The first-order chi connectivity index (χ1) is 6.36. The van der Waals surface area contributed by atoms with Crippen LogP contribution in [0.15, 0.2) is 17.8 Å². The molecule has 0 aliphatic rings. The molecular weight excluding hydrogens is 188 g/mol. The summed E-state index contributed by atoms with van der Waals surface area (Å²) in [6.45, 7) is 0. The largest absolute Gasteiger partial charge is 0.349 e. The number of hydrogen-bond acceptors (Lipinski definition) is 4. The quantitative estimate of drug-likeness (QED) is 0.704. The molecular formula is C8H10N2O2S. The van der Waals surface area contributed by atoms with E-state index in [1.807, 2.05) is 22.2 Å². The highest BCUT2D eigenvalue weighted by Crippen LogP contribution is 2.20. The molecule has 0 spiro atoms. The van der Waals surface area contributed by atoms with E-state index >= 15 is 0 Å². The van der Waals surface area contributed by atoms with Crippen LogP contribution in [0.1, 0.15) is 12.1 Å². The van der Waals surface area contributed by atoms with Gasteiger partial charge in [0, 0.05) is 25.8 Å². The number of aromatic nitrogens is 2. The molecule has 2 aromatic heterocycles. The molecule has 0 saturated carbocycles. The van der Waals surface area contributed by atoms with Gasteiger partial charge in [0.2, 0.25) is 6.29 Å². The number of hydrogen-bond donors (Lipinski definition) is 0. The summed E-state index contributed by atoms with van der Waals surface area (Å²) < 4.78 is 12.2. The Hall–Kier alpha value is -0.910. The lowest BCUT2D eigenvalue weighted by Crippen LogP contribution is -2.07. The average Bonchev–Trinajstić information content (AvgIpc) is 2.70. The minimum absolute atomic E-state index is 0.392. The van der Waals surface area contributed by atoms with Gasteiger partial charge in [0.15, 0.2) is 5.82 Å². The van der Waals surface area contributed by atoms with Crippen molar-refractivity contribution in [1.82, 2.24) is 9.38 Å². The molecule has 0 aromatic carbocycles. The molecule has 0 radical (unpaired) electrons. The molecule has 2 rings (SSSR count). The molecule has 70 valence electrons. The summed E-state index contributed by atoms with van der Waals surface area (Å²) in [5.41, 5.74) is 0. The van der Waals surface area contributed by atoms with Crippen molar-refractivity contribution in [2.24, 2.45) is 0 Å². The van der Waals surface area contributed by atoms with Gasteiger partial charge in [-0.3, -0.25) is 4.40 Å². The van der Waals surface area contributed by atoms with E-state index in [2.05, 4.69) is 4.98 Å². The fraction of sp³-hybridized carbons (Fsp3) is 0.375. The molecule has 0 fully saturated rings. The number of rotatable bonds is 3. The highest BCUT2D eigenvalue weighted by Gasteiger charge is 2.15. The Kier molecular flexibility index (Phi) is 2.30. The molecule has 0 atom stereocenters. The molecule has 0 N–H and O–H groups in total. The third kappa shape index (κ3) is 1.35. The van der Waals surface area contributed by atoms with E-state index in [9.17, 15) is 0 Å². The zero-order valence-electron chi connectivity index (χ0n) is 7.43. The Morgan fingerprint density at radius 2 is 2.23 bits per heavy atom. The van der Waals surface area contributed by atoms with Crippen LogP contribution in [0.25, 0.3) is 4.83 Å². The molecule has 0 unspecified atom stereocenters. The standard InChI is InChI=1S/C8H10N2O2S/c1-11-8(12-2)7-9-5-6-10(7)3-4-13-6/h3-5,8H,1-2H3. The summed E-state index contributed by atoms with van der Waals surface area (Å²) >= 11 is 1.64. The lowest BCUT2D eigenvalue weighted by molar-refractivity contribution is -0.111. The first kappa shape index (κ1) is 8.68. The van der Waals surface area contributed by atoms with Gasteiger partial charge in [-0.1, -0.05) is 0 Å². The minimum atomic E-state index is -0.392. The number of methoxy groups -OCH3 is 2. The van der Waals surface area contributed by atoms with Gasteiger partial charge in [-0.25, -0.2) is 4.98 Å². The minimum Gasteiger partial charge on any atom is -0.349 e. The second-order valence-electron chi connectivity index (χ2n) is 2.53. The summed E-state index contributed by atoms with van der Waals surface area (Å²) in [6, 6.07) is 0. The summed E-state index contributed by atoms with van der Waals surface area (Å²) in [4.78, 5) is 5.31. The van der Waals surface area contributed by atoms with Gasteiger partial charge in [-0.15, -0.1) is 11.3 Å². The molecule has 0 aliphatic heterocycles. The van der Waals surface area contributed by atoms with E-state index in [1.165, 1.54) is 0 Å². The number of nitrogens with zero attached hydrogens (tertiary/aromatic N) is 2. The second kappa shape index (κ2) is 3.45. The topological polar surface area (TPSA) is 35.8 Å². The zero-order valence-corrected chi connectivity index (χ0v) is 8.25. The van der Waals surface area contributed by atoms with Crippen LogP contribution < -0.4 is 0 Å². The van der Waals surface area contributed by atoms with E-state index < -0.39 is 6.29 Å². The van der Waals surface area contributed by atoms with Crippen LogP contribution >= 0.6 is 11.3 Å². The zero-order chi connectivity index (χ0) is 9.26. The van der Waals surface area contributed by atoms with E-state index in [-0.39, 0.29) is 0 Å². The van der Waals surface area contributed by atoms with E-state index in [4.69, 9.17) is 9.47 Å². The fourth-order valence-electron chi connectivity index (χ4n) is 1.24. The molecule has 0 amide bonds. The molecule has 4 nitrogen and oxygen atoms in total. The smallest absolute Gasteiger partial charge is 0.217 e. The number of fused-ring (bicyclic) bond motifs is 1. The normalized spacial score (nSPS) is 11.6. The van der Waals surface area contributed by atoms with Crippen molar-refractivity contribution < 1.29 is 9.47 Å². The van der Waals surface area contributed by atoms with Crippen LogP contribution in [0.4, 0.5) is 0 Å². The van der Waals surface area contributed by atoms with Crippen molar-refractivity contribution in [3.63, 3.8) is 0 Å². The molecule has 0 saturated heterocycles. The lowest BCUT2D eigenvalue weighted by atomic mass is 10.6. The lowest BCUT2D eigenvalue weighted by Gasteiger charge is -2.10. The van der Waals surface area contributed by atoms with E-state index in [0.29, 0.717) is 0 Å². The number of imidazole rings is 1. The number of ether oxygens (including phenoxy) is 2. The van der Waals surface area contributed by atoms with Crippen molar-refractivity contribution in [1.29, 1.82) is 0 Å². The van der Waals surface area contributed by atoms with Gasteiger partial charge >= 0.3 is 0 Å². The van der Waals surface area contributed by atoms with Gasteiger partial charge in [-0.2, -0.15) is 0 Å². The molecule has 0 aliphatic carbocycles. The highest BCUT2D eigenvalue weighted by atomic mass is 32.1. The molecule has 13 heavy (non-hydrogen) atoms. The summed E-state index contributed by atoms with van der Waals surface area (Å²) in [7, 11) is 3.20. The third-order valence-electron chi connectivity index (χ3n) is 1.83. The van der Waals surface area contributed by atoms with Crippen molar-refractivity contribution in [3.05, 3.63) is 23.6 Å². The molecule has 5 heteroatoms. The van der Waals surface area contributed by atoms with Crippen LogP contribution in [-0.2, 0) is 9.47 Å². The van der Waals surface area contributed by atoms with Crippen molar-refractivity contribution >= 4 is 16.2 Å². The summed E-state index contributed by atoms with van der Waals surface area (Å²) in [5, 5.41) is 2.00. The van der Waals surface area contributed by atoms with Crippen molar-refractivity contribution in [2.75, 3.05) is 14.2 Å². The van der Waals surface area contributed by atoms with Crippen LogP contribution in [0, 0.1) is 0 Å². The first-order valence-electron chi connectivity index (χ1n) is 3.83. The Morgan fingerprint density at radius 3 is 2.92 bits per heavy atom. The maximum absolute atomic E-state index is 5.12. The maximum Gasteiger partial charge on any atom is 0.217 e. The van der Waals surface area contributed by atoms with Crippen molar-refractivity contribution in [3.8, 4) is 0 Å². The van der Waals surface area contributed by atoms with E-state index in [0.717, 1.165) is 10.7 Å². The third-order valence-corrected chi connectivity index (χ3v) is 2.63. The average molecular weight is 198 g/mol.